The number of aryl methyl sites for hydroxylation is 2. The molecule has 4 heteroatoms. The van der Waals surface area contributed by atoms with Crippen LogP contribution in [0.3, 0.4) is 0 Å². The third kappa shape index (κ3) is 3.53. The predicted molar refractivity (Wildman–Crippen MR) is 115 cm³/mol. The van der Waals surface area contributed by atoms with Gasteiger partial charge < -0.3 is 5.32 Å². The van der Waals surface area contributed by atoms with E-state index in [-0.39, 0.29) is 17.7 Å². The van der Waals surface area contributed by atoms with Crippen LogP contribution in [0.4, 0.5) is 10.1 Å². The van der Waals surface area contributed by atoms with Gasteiger partial charge in [-0.2, -0.15) is 0 Å². The van der Waals surface area contributed by atoms with Crippen molar-refractivity contribution in [3.05, 3.63) is 82.3 Å². The van der Waals surface area contributed by atoms with E-state index in [0.717, 1.165) is 33.6 Å². The fourth-order valence-electron chi connectivity index (χ4n) is 3.95. The smallest absolute Gasteiger partial charge is 0.126 e. The molecule has 1 aliphatic carbocycles. The number of hydrogen-bond acceptors (Lipinski definition) is 1. The average Bonchev–Trinajstić information content (AvgIpc) is 3.15. The van der Waals surface area contributed by atoms with Crippen LogP contribution in [0.15, 0.2) is 49.2 Å². The van der Waals surface area contributed by atoms with E-state index in [9.17, 15) is 4.39 Å². The maximum atomic E-state index is 13.6. The van der Waals surface area contributed by atoms with E-state index in [4.69, 9.17) is 23.2 Å². The van der Waals surface area contributed by atoms with E-state index in [1.807, 2.05) is 39.0 Å². The summed E-state index contributed by atoms with van der Waals surface area (Å²) >= 11 is 13.4. The molecule has 3 unspecified atom stereocenters. The Kier molecular flexibility index (Phi) is 5.18. The monoisotopic (exact) mass is 403 g/mol. The van der Waals surface area contributed by atoms with E-state index in [1.165, 1.54) is 6.07 Å². The molecule has 0 aliphatic heterocycles. The predicted octanol–water partition coefficient (Wildman–Crippen LogP) is 7.47. The molecule has 2 aromatic rings. The minimum absolute atomic E-state index is 0.0228. The van der Waals surface area contributed by atoms with E-state index in [1.54, 1.807) is 13.0 Å². The summed E-state index contributed by atoms with van der Waals surface area (Å²) in [5.41, 5.74) is 6.19. The number of alkyl halides is 1. The highest BCUT2D eigenvalue weighted by Gasteiger charge is 2.62. The molecule has 142 valence electrons. The van der Waals surface area contributed by atoms with Crippen LogP contribution in [0, 0.1) is 25.6 Å². The zero-order valence-electron chi connectivity index (χ0n) is 16.1. The molecule has 0 heterocycles. The summed E-state index contributed by atoms with van der Waals surface area (Å²) in [5.74, 6) is -0.110. The number of rotatable bonds is 5. The lowest BCUT2D eigenvalue weighted by atomic mass is 10.0. The molecular weight excluding hydrogens is 380 g/mol. The molecule has 0 spiro atoms. The minimum atomic E-state index is -0.470. The van der Waals surface area contributed by atoms with Crippen LogP contribution < -0.4 is 5.32 Å². The Morgan fingerprint density at radius 1 is 1.15 bits per heavy atom. The second-order valence-corrected chi connectivity index (χ2v) is 8.86. The second-order valence-electron chi connectivity index (χ2n) is 7.66. The molecule has 3 rings (SSSR count). The first-order valence-corrected chi connectivity index (χ1v) is 9.67. The minimum Gasteiger partial charge on any atom is -0.358 e. The maximum absolute atomic E-state index is 13.6. The van der Waals surface area contributed by atoms with E-state index in [2.05, 4.69) is 18.5 Å². The van der Waals surface area contributed by atoms with Gasteiger partial charge in [-0.15, -0.1) is 11.6 Å². The number of anilines is 1. The summed E-state index contributed by atoms with van der Waals surface area (Å²) in [7, 11) is 0. The summed E-state index contributed by atoms with van der Waals surface area (Å²) in [4.78, 5) is -0.470. The lowest BCUT2D eigenvalue weighted by Crippen LogP contribution is -2.06. The fourth-order valence-corrected chi connectivity index (χ4v) is 4.81. The van der Waals surface area contributed by atoms with Gasteiger partial charge >= 0.3 is 0 Å². The third-order valence-electron chi connectivity index (χ3n) is 5.43. The number of hydrogen-bond donors (Lipinski definition) is 1. The van der Waals surface area contributed by atoms with E-state index >= 15 is 0 Å². The number of halogens is 3. The topological polar surface area (TPSA) is 12.0 Å². The van der Waals surface area contributed by atoms with Gasteiger partial charge in [0.25, 0.3) is 0 Å². The van der Waals surface area contributed by atoms with Crippen molar-refractivity contribution in [2.24, 2.45) is 5.92 Å². The highest BCUT2D eigenvalue weighted by molar-refractivity contribution is 6.35. The number of benzene rings is 2. The van der Waals surface area contributed by atoms with Crippen molar-refractivity contribution in [2.75, 3.05) is 5.32 Å². The molecule has 3 atom stereocenters. The molecule has 2 aromatic carbocycles. The average molecular weight is 404 g/mol. The zero-order valence-corrected chi connectivity index (χ0v) is 17.6. The first-order chi connectivity index (χ1) is 12.6. The Hall–Kier alpha value is -1.77. The second kappa shape index (κ2) is 7.00. The van der Waals surface area contributed by atoms with Crippen LogP contribution >= 0.6 is 23.2 Å². The van der Waals surface area contributed by atoms with Gasteiger partial charge in [0.15, 0.2) is 0 Å². The lowest BCUT2D eigenvalue weighted by molar-refractivity contribution is 0.617. The molecular formula is C23H24Cl2FN. The van der Waals surface area contributed by atoms with Crippen molar-refractivity contribution < 1.29 is 4.39 Å². The van der Waals surface area contributed by atoms with E-state index in [0.29, 0.717) is 10.6 Å². The van der Waals surface area contributed by atoms with Gasteiger partial charge in [0, 0.05) is 23.1 Å². The van der Waals surface area contributed by atoms with Crippen LogP contribution in [-0.2, 0) is 0 Å². The Morgan fingerprint density at radius 3 is 2.41 bits per heavy atom. The summed E-state index contributed by atoms with van der Waals surface area (Å²) in [5, 5.41) is 3.98. The summed E-state index contributed by atoms with van der Waals surface area (Å²) in [6.45, 7) is 15.9. The van der Waals surface area contributed by atoms with Gasteiger partial charge in [0.2, 0.25) is 0 Å². The highest BCUT2D eigenvalue weighted by Crippen LogP contribution is 2.64. The molecule has 0 aromatic heterocycles. The molecule has 0 saturated heterocycles. The fraction of sp³-hybridized carbons (Fsp3) is 0.304. The van der Waals surface area contributed by atoms with Gasteiger partial charge in [-0.25, -0.2) is 4.39 Å². The summed E-state index contributed by atoms with van der Waals surface area (Å²) in [6, 6.07) is 9.13. The quantitative estimate of drug-likeness (QED) is 0.510. The molecule has 0 radical (unpaired) electrons. The van der Waals surface area contributed by atoms with Crippen LogP contribution in [0.5, 0.6) is 0 Å². The van der Waals surface area contributed by atoms with Crippen LogP contribution in [0.2, 0.25) is 5.02 Å². The first kappa shape index (κ1) is 20.0. The molecule has 27 heavy (non-hydrogen) atoms. The van der Waals surface area contributed by atoms with Crippen molar-refractivity contribution in [3.8, 4) is 0 Å². The van der Waals surface area contributed by atoms with Gasteiger partial charge in [0.05, 0.1) is 15.6 Å². The van der Waals surface area contributed by atoms with Crippen molar-refractivity contribution >= 4 is 34.5 Å². The number of allylic oxidation sites excluding steroid dienone is 2. The molecule has 1 nitrogen and oxygen atoms in total. The largest absolute Gasteiger partial charge is 0.358 e. The van der Waals surface area contributed by atoms with Crippen molar-refractivity contribution in [1.82, 2.24) is 0 Å². The Labute approximate surface area is 170 Å². The van der Waals surface area contributed by atoms with Gasteiger partial charge in [-0.1, -0.05) is 43.0 Å². The molecule has 0 amide bonds. The van der Waals surface area contributed by atoms with Crippen LogP contribution in [0.1, 0.15) is 42.0 Å². The van der Waals surface area contributed by atoms with Crippen molar-refractivity contribution in [3.63, 3.8) is 0 Å². The molecule has 0 bridgehead atoms. The van der Waals surface area contributed by atoms with Crippen molar-refractivity contribution in [2.45, 2.75) is 38.5 Å². The van der Waals surface area contributed by atoms with Crippen LogP contribution in [0.25, 0.3) is 5.57 Å². The van der Waals surface area contributed by atoms with Gasteiger partial charge in [-0.3, -0.25) is 0 Å². The standard InChI is InChI=1S/C23H24Cl2FN/c1-12(2)19-13(3)7-10-18(22(19)24)27-15(5)20-21(23(20,6)25)16-8-9-17(26)14(4)11-16/h7-11,20-21,27H,1,5H2,2-4,6H3. The Balaban J connectivity index is 1.86. The molecule has 1 saturated carbocycles. The third-order valence-corrected chi connectivity index (χ3v) is 6.29. The highest BCUT2D eigenvalue weighted by atomic mass is 35.5. The summed E-state index contributed by atoms with van der Waals surface area (Å²) < 4.78 is 13.6. The zero-order chi connectivity index (χ0) is 20.1. The molecule has 1 fully saturated rings. The first-order valence-electron chi connectivity index (χ1n) is 8.91. The van der Waals surface area contributed by atoms with Crippen molar-refractivity contribution in [1.29, 1.82) is 0 Å². The molecule has 1 N–H and O–H groups in total. The van der Waals surface area contributed by atoms with Gasteiger partial charge in [0.1, 0.15) is 5.82 Å². The SMILES string of the molecule is C=C(C)c1c(C)ccc(NC(=C)C2C(c3ccc(F)c(C)c3)C2(C)Cl)c1Cl. The van der Waals surface area contributed by atoms with E-state index < -0.39 is 4.87 Å². The normalized spacial score (nSPS) is 23.8. The van der Waals surface area contributed by atoms with Gasteiger partial charge in [-0.05, 0) is 62.1 Å². The Morgan fingerprint density at radius 2 is 1.81 bits per heavy atom. The summed E-state index contributed by atoms with van der Waals surface area (Å²) in [6.07, 6.45) is 0. The maximum Gasteiger partial charge on any atom is 0.126 e. The Bertz CT molecular complexity index is 946. The lowest BCUT2D eigenvalue weighted by Gasteiger charge is -2.16. The van der Waals surface area contributed by atoms with Crippen LogP contribution in [-0.4, -0.2) is 4.87 Å². The number of nitrogens with one attached hydrogen (secondary N) is 1. The molecule has 1 aliphatic rings.